The summed E-state index contributed by atoms with van der Waals surface area (Å²) in [6, 6.07) is 5.50. The van der Waals surface area contributed by atoms with E-state index in [1.54, 1.807) is 0 Å². The van der Waals surface area contributed by atoms with E-state index in [4.69, 9.17) is 28.9 Å². The van der Waals surface area contributed by atoms with Gasteiger partial charge in [-0.25, -0.2) is 0 Å². The van der Waals surface area contributed by atoms with Crippen molar-refractivity contribution in [2.24, 2.45) is 5.73 Å². The first-order valence-corrected chi connectivity index (χ1v) is 6.46. The molecule has 0 aliphatic rings. The molecule has 0 amide bonds. The lowest BCUT2D eigenvalue weighted by Crippen LogP contribution is -2.06. The van der Waals surface area contributed by atoms with Crippen molar-refractivity contribution >= 4 is 23.2 Å². The van der Waals surface area contributed by atoms with Crippen molar-refractivity contribution < 1.29 is 0 Å². The molecular formula is C13H15Cl2N3. The molecule has 0 saturated carbocycles. The Bertz CT molecular complexity index is 556. The summed E-state index contributed by atoms with van der Waals surface area (Å²) in [4.78, 5) is 0. The zero-order valence-corrected chi connectivity index (χ0v) is 11.9. The molecule has 0 spiro atoms. The molecule has 1 aromatic carbocycles. The van der Waals surface area contributed by atoms with Gasteiger partial charge in [0.15, 0.2) is 0 Å². The fourth-order valence-electron chi connectivity index (χ4n) is 2.02. The van der Waals surface area contributed by atoms with E-state index in [9.17, 15) is 0 Å². The fourth-order valence-corrected chi connectivity index (χ4v) is 2.53. The standard InChI is InChI=1S/C13H15Cl2N3/c1-8-10(6-16)9(2)18(17-8)7-11-12(14)4-3-5-13(11)15/h3-5H,6-7,16H2,1-2H3. The molecule has 0 atom stereocenters. The minimum atomic E-state index is 0.494. The Morgan fingerprint density at radius 2 is 1.78 bits per heavy atom. The number of hydrogen-bond acceptors (Lipinski definition) is 2. The second-order valence-electron chi connectivity index (χ2n) is 4.21. The Hall–Kier alpha value is -1.03. The normalized spacial score (nSPS) is 10.9. The molecule has 0 saturated heterocycles. The number of benzene rings is 1. The second-order valence-corrected chi connectivity index (χ2v) is 5.03. The number of hydrogen-bond donors (Lipinski definition) is 1. The molecule has 1 heterocycles. The van der Waals surface area contributed by atoms with E-state index in [2.05, 4.69) is 5.10 Å². The third kappa shape index (κ3) is 2.39. The maximum atomic E-state index is 6.16. The van der Waals surface area contributed by atoms with Crippen LogP contribution >= 0.6 is 23.2 Å². The largest absolute Gasteiger partial charge is 0.326 e. The summed E-state index contributed by atoms with van der Waals surface area (Å²) in [5, 5.41) is 5.79. The van der Waals surface area contributed by atoms with E-state index in [0.717, 1.165) is 22.5 Å². The molecule has 18 heavy (non-hydrogen) atoms. The Morgan fingerprint density at radius 1 is 1.17 bits per heavy atom. The fraction of sp³-hybridized carbons (Fsp3) is 0.308. The molecule has 2 aromatic rings. The summed E-state index contributed by atoms with van der Waals surface area (Å²) in [6.07, 6.45) is 0. The maximum Gasteiger partial charge on any atom is 0.0692 e. The number of rotatable bonds is 3. The predicted octanol–water partition coefficient (Wildman–Crippen LogP) is 3.31. The van der Waals surface area contributed by atoms with Crippen molar-refractivity contribution in [1.82, 2.24) is 9.78 Å². The lowest BCUT2D eigenvalue weighted by molar-refractivity contribution is 0.658. The first kappa shape index (κ1) is 13.4. The summed E-state index contributed by atoms with van der Waals surface area (Å²) >= 11 is 12.3. The van der Waals surface area contributed by atoms with Crippen molar-refractivity contribution in [2.75, 3.05) is 0 Å². The van der Waals surface area contributed by atoms with Crippen LogP contribution in [-0.2, 0) is 13.1 Å². The molecule has 0 radical (unpaired) electrons. The molecule has 0 fully saturated rings. The van der Waals surface area contributed by atoms with Gasteiger partial charge >= 0.3 is 0 Å². The minimum Gasteiger partial charge on any atom is -0.326 e. The molecular weight excluding hydrogens is 269 g/mol. The molecule has 0 bridgehead atoms. The maximum absolute atomic E-state index is 6.16. The Morgan fingerprint density at radius 3 is 2.28 bits per heavy atom. The van der Waals surface area contributed by atoms with Crippen LogP contribution in [0.15, 0.2) is 18.2 Å². The molecule has 96 valence electrons. The van der Waals surface area contributed by atoms with Gasteiger partial charge in [0.1, 0.15) is 0 Å². The van der Waals surface area contributed by atoms with Crippen LogP contribution in [0.5, 0.6) is 0 Å². The zero-order valence-electron chi connectivity index (χ0n) is 10.4. The van der Waals surface area contributed by atoms with Crippen molar-refractivity contribution in [2.45, 2.75) is 26.9 Å². The predicted molar refractivity (Wildman–Crippen MR) is 75.2 cm³/mol. The summed E-state index contributed by atoms with van der Waals surface area (Å²) in [6.45, 7) is 5.02. The lowest BCUT2D eigenvalue weighted by Gasteiger charge is -2.09. The molecule has 2 N–H and O–H groups in total. The van der Waals surface area contributed by atoms with Gasteiger partial charge in [-0.1, -0.05) is 29.3 Å². The summed E-state index contributed by atoms with van der Waals surface area (Å²) in [7, 11) is 0. The quantitative estimate of drug-likeness (QED) is 0.939. The van der Waals surface area contributed by atoms with Gasteiger partial charge in [-0.3, -0.25) is 4.68 Å². The van der Waals surface area contributed by atoms with E-state index >= 15 is 0 Å². The molecule has 5 heteroatoms. The summed E-state index contributed by atoms with van der Waals surface area (Å²) < 4.78 is 1.89. The Labute approximate surface area is 117 Å². The van der Waals surface area contributed by atoms with E-state index in [-0.39, 0.29) is 0 Å². The number of aryl methyl sites for hydroxylation is 1. The van der Waals surface area contributed by atoms with Crippen LogP contribution in [0.3, 0.4) is 0 Å². The van der Waals surface area contributed by atoms with Crippen molar-refractivity contribution in [3.8, 4) is 0 Å². The van der Waals surface area contributed by atoms with E-state index in [1.165, 1.54) is 0 Å². The highest BCUT2D eigenvalue weighted by atomic mass is 35.5. The van der Waals surface area contributed by atoms with Gasteiger partial charge < -0.3 is 5.73 Å². The van der Waals surface area contributed by atoms with Crippen LogP contribution in [0, 0.1) is 13.8 Å². The zero-order chi connectivity index (χ0) is 13.3. The van der Waals surface area contributed by atoms with Gasteiger partial charge in [-0.15, -0.1) is 0 Å². The van der Waals surface area contributed by atoms with Crippen LogP contribution in [-0.4, -0.2) is 9.78 Å². The highest BCUT2D eigenvalue weighted by Crippen LogP contribution is 2.26. The molecule has 2 rings (SSSR count). The molecule has 0 aliphatic heterocycles. The first-order valence-electron chi connectivity index (χ1n) is 5.70. The van der Waals surface area contributed by atoms with Gasteiger partial charge in [0.25, 0.3) is 0 Å². The van der Waals surface area contributed by atoms with Crippen molar-refractivity contribution in [3.05, 3.63) is 50.8 Å². The molecule has 3 nitrogen and oxygen atoms in total. The third-order valence-electron chi connectivity index (χ3n) is 3.11. The molecule has 0 aliphatic carbocycles. The summed E-state index contributed by atoms with van der Waals surface area (Å²) in [5.41, 5.74) is 9.70. The minimum absolute atomic E-state index is 0.494. The average molecular weight is 284 g/mol. The van der Waals surface area contributed by atoms with Gasteiger partial charge in [0.2, 0.25) is 0 Å². The topological polar surface area (TPSA) is 43.8 Å². The number of aromatic nitrogens is 2. The van der Waals surface area contributed by atoms with E-state index in [1.807, 2.05) is 36.7 Å². The van der Waals surface area contributed by atoms with Crippen LogP contribution in [0.4, 0.5) is 0 Å². The van der Waals surface area contributed by atoms with Gasteiger partial charge in [-0.05, 0) is 26.0 Å². The molecule has 0 unspecified atom stereocenters. The van der Waals surface area contributed by atoms with Crippen molar-refractivity contribution in [3.63, 3.8) is 0 Å². The number of halogens is 2. The monoisotopic (exact) mass is 283 g/mol. The van der Waals surface area contributed by atoms with Crippen LogP contribution < -0.4 is 5.73 Å². The Kier molecular flexibility index (Phi) is 3.95. The SMILES string of the molecule is Cc1nn(Cc2c(Cl)cccc2Cl)c(C)c1CN. The van der Waals surface area contributed by atoms with Gasteiger partial charge in [0, 0.05) is 33.4 Å². The summed E-state index contributed by atoms with van der Waals surface area (Å²) in [5.74, 6) is 0. The smallest absolute Gasteiger partial charge is 0.0692 e. The molecule has 1 aromatic heterocycles. The number of nitrogens with two attached hydrogens (primary N) is 1. The highest BCUT2D eigenvalue weighted by molar-refractivity contribution is 6.35. The van der Waals surface area contributed by atoms with Gasteiger partial charge in [-0.2, -0.15) is 5.10 Å². The van der Waals surface area contributed by atoms with Gasteiger partial charge in [0.05, 0.1) is 12.2 Å². The Balaban J connectivity index is 2.41. The van der Waals surface area contributed by atoms with E-state index < -0.39 is 0 Å². The van der Waals surface area contributed by atoms with E-state index in [0.29, 0.717) is 23.1 Å². The van der Waals surface area contributed by atoms with Crippen LogP contribution in [0.2, 0.25) is 10.0 Å². The lowest BCUT2D eigenvalue weighted by atomic mass is 10.2. The van der Waals surface area contributed by atoms with Crippen LogP contribution in [0.1, 0.15) is 22.5 Å². The van der Waals surface area contributed by atoms with Crippen LogP contribution in [0.25, 0.3) is 0 Å². The second kappa shape index (κ2) is 5.31. The van der Waals surface area contributed by atoms with Crippen molar-refractivity contribution in [1.29, 1.82) is 0 Å². The first-order chi connectivity index (χ1) is 8.54. The average Bonchev–Trinajstić information content (AvgIpc) is 2.59. The number of nitrogens with zero attached hydrogens (tertiary/aromatic N) is 2. The third-order valence-corrected chi connectivity index (χ3v) is 3.81. The highest BCUT2D eigenvalue weighted by Gasteiger charge is 2.13.